The Morgan fingerprint density at radius 3 is 2.93 bits per heavy atom. The molecular weight excluding hydrogens is 227 g/mol. The number of hydrogen-bond donors (Lipinski definition) is 1. The summed E-state index contributed by atoms with van der Waals surface area (Å²) in [6, 6.07) is 3.30. The Labute approximate surface area is 91.1 Å². The van der Waals surface area contributed by atoms with Crippen LogP contribution >= 0.6 is 23.2 Å². The Balaban J connectivity index is 2.36. The van der Waals surface area contributed by atoms with E-state index in [0.29, 0.717) is 21.5 Å². The summed E-state index contributed by atoms with van der Waals surface area (Å²) < 4.78 is 10.7. The molecule has 0 saturated heterocycles. The van der Waals surface area contributed by atoms with Gasteiger partial charge in [-0.05, 0) is 12.1 Å². The minimum Gasteiger partial charge on any atom is -0.484 e. The molecule has 5 heteroatoms. The first-order valence-corrected chi connectivity index (χ1v) is 4.86. The molecule has 76 valence electrons. The quantitative estimate of drug-likeness (QED) is 0.810. The van der Waals surface area contributed by atoms with Crippen LogP contribution in [0.5, 0.6) is 11.5 Å². The van der Waals surface area contributed by atoms with E-state index in [1.54, 1.807) is 12.1 Å². The lowest BCUT2D eigenvalue weighted by Gasteiger charge is -2.25. The first kappa shape index (κ1) is 9.90. The van der Waals surface area contributed by atoms with Crippen molar-refractivity contribution in [3.05, 3.63) is 22.2 Å². The molecule has 0 spiro atoms. The van der Waals surface area contributed by atoms with Crippen molar-refractivity contribution in [2.75, 3.05) is 13.2 Å². The molecule has 14 heavy (non-hydrogen) atoms. The molecule has 2 rings (SSSR count). The fourth-order valence-corrected chi connectivity index (χ4v) is 1.58. The highest BCUT2D eigenvalue weighted by atomic mass is 35.5. The maximum absolute atomic E-state index is 8.88. The van der Waals surface area contributed by atoms with E-state index in [2.05, 4.69) is 0 Å². The molecule has 0 fully saturated rings. The van der Waals surface area contributed by atoms with Gasteiger partial charge in [0.05, 0.1) is 11.6 Å². The van der Waals surface area contributed by atoms with Gasteiger partial charge in [0.2, 0.25) is 0 Å². The standard InChI is InChI=1S/C9H8Cl2O3/c10-6-1-2-7-9(8(6)11)13-4-5(3-12)14-7/h1-2,5,12H,3-4H2. The molecule has 1 atom stereocenters. The van der Waals surface area contributed by atoms with Crippen LogP contribution in [0.3, 0.4) is 0 Å². The Hall–Kier alpha value is -0.640. The molecule has 1 heterocycles. The lowest BCUT2D eigenvalue weighted by atomic mass is 10.2. The van der Waals surface area contributed by atoms with Gasteiger partial charge in [-0.2, -0.15) is 0 Å². The zero-order chi connectivity index (χ0) is 10.1. The van der Waals surface area contributed by atoms with E-state index in [0.717, 1.165) is 0 Å². The third-order valence-corrected chi connectivity index (χ3v) is 2.71. The molecule has 0 aromatic heterocycles. The summed E-state index contributed by atoms with van der Waals surface area (Å²) in [5, 5.41) is 9.65. The zero-order valence-electron chi connectivity index (χ0n) is 7.17. The predicted octanol–water partition coefficient (Wildman–Crippen LogP) is 2.13. The van der Waals surface area contributed by atoms with Gasteiger partial charge < -0.3 is 14.6 Å². The second-order valence-corrected chi connectivity index (χ2v) is 3.71. The van der Waals surface area contributed by atoms with Crippen molar-refractivity contribution in [2.24, 2.45) is 0 Å². The maximum Gasteiger partial charge on any atom is 0.181 e. The molecule has 1 aliphatic rings. The van der Waals surface area contributed by atoms with Crippen molar-refractivity contribution in [1.82, 2.24) is 0 Å². The van der Waals surface area contributed by atoms with Crippen molar-refractivity contribution in [3.8, 4) is 11.5 Å². The lowest BCUT2D eigenvalue weighted by molar-refractivity contribution is 0.0457. The normalized spacial score (nSPS) is 19.5. The van der Waals surface area contributed by atoms with E-state index in [9.17, 15) is 0 Å². The zero-order valence-corrected chi connectivity index (χ0v) is 8.68. The van der Waals surface area contributed by atoms with Gasteiger partial charge >= 0.3 is 0 Å². The smallest absolute Gasteiger partial charge is 0.181 e. The molecular formula is C9H8Cl2O3. The van der Waals surface area contributed by atoms with E-state index in [-0.39, 0.29) is 19.3 Å². The summed E-state index contributed by atoms with van der Waals surface area (Å²) in [6.07, 6.45) is -0.334. The highest BCUT2D eigenvalue weighted by Crippen LogP contribution is 2.42. The fourth-order valence-electron chi connectivity index (χ4n) is 1.22. The predicted molar refractivity (Wildman–Crippen MR) is 53.5 cm³/mol. The Bertz CT molecular complexity index is 354. The topological polar surface area (TPSA) is 38.7 Å². The van der Waals surface area contributed by atoms with Crippen molar-refractivity contribution in [2.45, 2.75) is 6.10 Å². The van der Waals surface area contributed by atoms with Gasteiger partial charge in [0.15, 0.2) is 17.6 Å². The third kappa shape index (κ3) is 1.63. The van der Waals surface area contributed by atoms with E-state index in [4.69, 9.17) is 37.8 Å². The van der Waals surface area contributed by atoms with Gasteiger partial charge in [-0.1, -0.05) is 23.2 Å². The highest BCUT2D eigenvalue weighted by Gasteiger charge is 2.23. The van der Waals surface area contributed by atoms with Gasteiger partial charge in [0.25, 0.3) is 0 Å². The Kier molecular flexibility index (Phi) is 2.72. The molecule has 1 aromatic rings. The van der Waals surface area contributed by atoms with Crippen LogP contribution in [0, 0.1) is 0 Å². The Morgan fingerprint density at radius 2 is 2.21 bits per heavy atom. The summed E-state index contributed by atoms with van der Waals surface area (Å²) in [6.45, 7) is 0.198. The van der Waals surface area contributed by atoms with Crippen LogP contribution in [0.2, 0.25) is 10.0 Å². The molecule has 0 saturated carbocycles. The number of aliphatic hydroxyl groups excluding tert-OH is 1. The van der Waals surface area contributed by atoms with E-state index in [1.165, 1.54) is 0 Å². The van der Waals surface area contributed by atoms with E-state index < -0.39 is 0 Å². The number of fused-ring (bicyclic) bond motifs is 1. The van der Waals surface area contributed by atoms with Gasteiger partial charge in [0, 0.05) is 0 Å². The van der Waals surface area contributed by atoms with Crippen LogP contribution in [-0.4, -0.2) is 24.4 Å². The molecule has 0 radical (unpaired) electrons. The summed E-state index contributed by atoms with van der Waals surface area (Å²) in [5.41, 5.74) is 0. The van der Waals surface area contributed by atoms with Crippen LogP contribution in [0.25, 0.3) is 0 Å². The highest BCUT2D eigenvalue weighted by molar-refractivity contribution is 6.43. The van der Waals surface area contributed by atoms with Crippen LogP contribution < -0.4 is 9.47 Å². The second kappa shape index (κ2) is 3.85. The maximum atomic E-state index is 8.88. The molecule has 0 bridgehead atoms. The molecule has 1 unspecified atom stereocenters. The second-order valence-electron chi connectivity index (χ2n) is 2.92. The number of benzene rings is 1. The van der Waals surface area contributed by atoms with Gasteiger partial charge in [-0.3, -0.25) is 0 Å². The van der Waals surface area contributed by atoms with Crippen LogP contribution in [0.4, 0.5) is 0 Å². The summed E-state index contributed by atoms with van der Waals surface area (Å²) in [4.78, 5) is 0. The number of halogens is 2. The molecule has 1 aliphatic heterocycles. The van der Waals surface area contributed by atoms with Gasteiger partial charge in [-0.25, -0.2) is 0 Å². The Morgan fingerprint density at radius 1 is 1.43 bits per heavy atom. The number of hydrogen-bond acceptors (Lipinski definition) is 3. The van der Waals surface area contributed by atoms with Crippen LogP contribution in [-0.2, 0) is 0 Å². The first-order chi connectivity index (χ1) is 6.72. The minimum absolute atomic E-state index is 0.0836. The number of rotatable bonds is 1. The van der Waals surface area contributed by atoms with E-state index >= 15 is 0 Å². The summed E-state index contributed by atoms with van der Waals surface area (Å²) in [7, 11) is 0. The molecule has 0 aliphatic carbocycles. The molecule has 1 aromatic carbocycles. The minimum atomic E-state index is -0.334. The fraction of sp³-hybridized carbons (Fsp3) is 0.333. The van der Waals surface area contributed by atoms with Crippen LogP contribution in [0.15, 0.2) is 12.1 Å². The summed E-state index contributed by atoms with van der Waals surface area (Å²) in [5.74, 6) is 0.966. The van der Waals surface area contributed by atoms with E-state index in [1.807, 2.05) is 0 Å². The van der Waals surface area contributed by atoms with Crippen LogP contribution in [0.1, 0.15) is 0 Å². The number of aliphatic hydroxyl groups is 1. The largest absolute Gasteiger partial charge is 0.484 e. The van der Waals surface area contributed by atoms with Crippen molar-refractivity contribution >= 4 is 23.2 Å². The average molecular weight is 235 g/mol. The monoisotopic (exact) mass is 234 g/mol. The molecule has 1 N–H and O–H groups in total. The van der Waals surface area contributed by atoms with Crippen molar-refractivity contribution in [3.63, 3.8) is 0 Å². The average Bonchev–Trinajstić information content (AvgIpc) is 2.23. The molecule has 0 amide bonds. The van der Waals surface area contributed by atoms with Gasteiger partial charge in [-0.15, -0.1) is 0 Å². The van der Waals surface area contributed by atoms with Gasteiger partial charge in [0.1, 0.15) is 11.6 Å². The molecule has 3 nitrogen and oxygen atoms in total. The SMILES string of the molecule is OCC1COc2c(ccc(Cl)c2Cl)O1. The first-order valence-electron chi connectivity index (χ1n) is 4.10. The third-order valence-electron chi connectivity index (χ3n) is 1.92. The van der Waals surface area contributed by atoms with Crippen molar-refractivity contribution in [1.29, 1.82) is 0 Å². The van der Waals surface area contributed by atoms with Crippen molar-refractivity contribution < 1.29 is 14.6 Å². The lowest BCUT2D eigenvalue weighted by Crippen LogP contribution is -2.32. The summed E-state index contributed by atoms with van der Waals surface area (Å²) >= 11 is 11.7. The number of ether oxygens (including phenoxy) is 2.